The standard InChI is InChI=1S/C27H22N2O8S/c1-34-21-12-19(13-22(14-21)35-2)24-28-29-27(37-24)38-23(26(32)33)11-16-5-9-20(10-6-16)36-15-17-3-7-18(8-4-17)25(30)31/h3-14H,15H2,1-2H3,(H,30,31)(H,32,33)/b23-11-. The molecule has 0 unspecified atom stereocenters. The summed E-state index contributed by atoms with van der Waals surface area (Å²) in [5.74, 6) is -0.291. The number of carboxylic acids is 2. The fraction of sp³-hybridized carbons (Fsp3) is 0.111. The van der Waals surface area contributed by atoms with Gasteiger partial charge in [0.2, 0.25) is 5.89 Å². The third kappa shape index (κ3) is 6.71. The van der Waals surface area contributed by atoms with Crippen molar-refractivity contribution in [3.8, 4) is 28.7 Å². The van der Waals surface area contributed by atoms with Gasteiger partial charge in [0.05, 0.1) is 19.8 Å². The molecule has 0 aliphatic heterocycles. The topological polar surface area (TPSA) is 141 Å². The molecule has 0 aliphatic rings. The Morgan fingerprint density at radius 2 is 1.55 bits per heavy atom. The van der Waals surface area contributed by atoms with Crippen molar-refractivity contribution in [1.29, 1.82) is 0 Å². The third-order valence-electron chi connectivity index (χ3n) is 5.20. The van der Waals surface area contributed by atoms with E-state index >= 15 is 0 Å². The third-order valence-corrected chi connectivity index (χ3v) is 6.05. The van der Waals surface area contributed by atoms with Gasteiger partial charge in [-0.15, -0.1) is 10.2 Å². The normalized spacial score (nSPS) is 11.2. The van der Waals surface area contributed by atoms with E-state index in [1.54, 1.807) is 54.6 Å². The molecule has 1 heterocycles. The number of carboxylic acid groups (broad SMARTS) is 2. The van der Waals surface area contributed by atoms with Crippen LogP contribution in [0.4, 0.5) is 0 Å². The van der Waals surface area contributed by atoms with Crippen molar-refractivity contribution >= 4 is 29.8 Å². The summed E-state index contributed by atoms with van der Waals surface area (Å²) < 4.78 is 21.9. The number of hydrogen-bond acceptors (Lipinski definition) is 9. The molecule has 0 amide bonds. The lowest BCUT2D eigenvalue weighted by Crippen LogP contribution is -1.99. The Morgan fingerprint density at radius 1 is 0.895 bits per heavy atom. The monoisotopic (exact) mass is 534 g/mol. The summed E-state index contributed by atoms with van der Waals surface area (Å²) >= 11 is 0.828. The number of ether oxygens (including phenoxy) is 3. The summed E-state index contributed by atoms with van der Waals surface area (Å²) in [5, 5.41) is 26.7. The van der Waals surface area contributed by atoms with Gasteiger partial charge in [0.15, 0.2) is 0 Å². The molecule has 2 N–H and O–H groups in total. The highest BCUT2D eigenvalue weighted by Crippen LogP contribution is 2.33. The van der Waals surface area contributed by atoms with Crippen LogP contribution in [0.2, 0.25) is 0 Å². The van der Waals surface area contributed by atoms with Crippen LogP contribution in [0.1, 0.15) is 21.5 Å². The number of carbonyl (C=O) groups is 2. The zero-order chi connectivity index (χ0) is 27.1. The second-order valence-corrected chi connectivity index (χ2v) is 8.74. The lowest BCUT2D eigenvalue weighted by atomic mass is 10.1. The van der Waals surface area contributed by atoms with Crippen molar-refractivity contribution in [2.24, 2.45) is 0 Å². The van der Waals surface area contributed by atoms with Gasteiger partial charge in [-0.3, -0.25) is 0 Å². The number of methoxy groups -OCH3 is 2. The van der Waals surface area contributed by atoms with Crippen molar-refractivity contribution in [3.63, 3.8) is 0 Å². The molecule has 0 spiro atoms. The van der Waals surface area contributed by atoms with Crippen molar-refractivity contribution in [2.75, 3.05) is 14.2 Å². The summed E-state index contributed by atoms with van der Waals surface area (Å²) in [6, 6.07) is 18.4. The number of nitrogens with zero attached hydrogens (tertiary/aromatic N) is 2. The minimum absolute atomic E-state index is 0.0180. The van der Waals surface area contributed by atoms with Gasteiger partial charge in [0.25, 0.3) is 5.22 Å². The number of aliphatic carboxylic acids is 1. The van der Waals surface area contributed by atoms with Crippen LogP contribution in [0.5, 0.6) is 17.2 Å². The Morgan fingerprint density at radius 3 is 2.13 bits per heavy atom. The predicted molar refractivity (Wildman–Crippen MR) is 138 cm³/mol. The van der Waals surface area contributed by atoms with E-state index in [9.17, 15) is 14.7 Å². The molecule has 4 rings (SSSR count). The van der Waals surface area contributed by atoms with Gasteiger partial charge in [-0.05, 0) is 65.4 Å². The number of thioether (sulfide) groups is 1. The van der Waals surface area contributed by atoms with Crippen LogP contribution >= 0.6 is 11.8 Å². The number of hydrogen-bond donors (Lipinski definition) is 2. The summed E-state index contributed by atoms with van der Waals surface area (Å²) in [4.78, 5) is 22.8. The van der Waals surface area contributed by atoms with Crippen LogP contribution in [0.3, 0.4) is 0 Å². The molecule has 11 heteroatoms. The van der Waals surface area contributed by atoms with E-state index in [-0.39, 0.29) is 28.2 Å². The molecule has 0 atom stereocenters. The SMILES string of the molecule is COc1cc(OC)cc(-c2nnc(S/C(=C\c3ccc(OCc4ccc(C(=O)O)cc4)cc3)C(=O)O)o2)c1. The van der Waals surface area contributed by atoms with E-state index < -0.39 is 11.9 Å². The smallest absolute Gasteiger partial charge is 0.342 e. The van der Waals surface area contributed by atoms with E-state index in [2.05, 4.69) is 10.2 Å². The van der Waals surface area contributed by atoms with Crippen LogP contribution in [0.25, 0.3) is 17.5 Å². The van der Waals surface area contributed by atoms with Gasteiger partial charge in [-0.1, -0.05) is 24.3 Å². The number of rotatable bonds is 11. The highest BCUT2D eigenvalue weighted by atomic mass is 32.2. The van der Waals surface area contributed by atoms with Crippen molar-refractivity contribution in [3.05, 3.63) is 88.3 Å². The predicted octanol–water partition coefficient (Wildman–Crippen LogP) is 5.25. The average Bonchev–Trinajstić information content (AvgIpc) is 3.40. The van der Waals surface area contributed by atoms with Gasteiger partial charge in [0, 0.05) is 11.6 Å². The Hall–Kier alpha value is -4.77. The molecular weight excluding hydrogens is 512 g/mol. The molecule has 4 aromatic rings. The van der Waals surface area contributed by atoms with E-state index in [1.807, 2.05) is 0 Å². The first-order chi connectivity index (χ1) is 18.3. The summed E-state index contributed by atoms with van der Waals surface area (Å²) in [5.41, 5.74) is 2.21. The zero-order valence-electron chi connectivity index (χ0n) is 20.3. The van der Waals surface area contributed by atoms with Crippen LogP contribution in [0, 0.1) is 0 Å². The Labute approximate surface area is 221 Å². The number of aromatic nitrogens is 2. The number of benzene rings is 3. The lowest BCUT2D eigenvalue weighted by Gasteiger charge is -2.07. The minimum atomic E-state index is -1.15. The summed E-state index contributed by atoms with van der Waals surface area (Å²) in [6.45, 7) is 0.254. The van der Waals surface area contributed by atoms with E-state index in [0.29, 0.717) is 28.4 Å². The largest absolute Gasteiger partial charge is 0.497 e. The first kappa shape index (κ1) is 26.3. The average molecular weight is 535 g/mol. The van der Waals surface area contributed by atoms with Gasteiger partial charge in [0.1, 0.15) is 28.8 Å². The first-order valence-electron chi connectivity index (χ1n) is 11.1. The van der Waals surface area contributed by atoms with Crippen molar-refractivity contribution in [2.45, 2.75) is 11.8 Å². The van der Waals surface area contributed by atoms with Crippen LogP contribution < -0.4 is 14.2 Å². The fourth-order valence-electron chi connectivity index (χ4n) is 3.25. The fourth-order valence-corrected chi connectivity index (χ4v) is 3.92. The molecule has 0 bridgehead atoms. The molecule has 38 heavy (non-hydrogen) atoms. The molecule has 10 nitrogen and oxygen atoms in total. The van der Waals surface area contributed by atoms with Crippen molar-refractivity contribution < 1.29 is 38.4 Å². The molecule has 0 saturated carbocycles. The molecule has 194 valence electrons. The Balaban J connectivity index is 1.43. The van der Waals surface area contributed by atoms with Crippen molar-refractivity contribution in [1.82, 2.24) is 10.2 Å². The second kappa shape index (κ2) is 12.0. The van der Waals surface area contributed by atoms with Gasteiger partial charge < -0.3 is 28.8 Å². The maximum absolute atomic E-state index is 11.9. The maximum Gasteiger partial charge on any atom is 0.342 e. The molecule has 1 aromatic heterocycles. The maximum atomic E-state index is 11.9. The van der Waals surface area contributed by atoms with Gasteiger partial charge in [-0.25, -0.2) is 9.59 Å². The zero-order valence-corrected chi connectivity index (χ0v) is 21.1. The van der Waals surface area contributed by atoms with Crippen LogP contribution in [-0.4, -0.2) is 46.6 Å². The quantitative estimate of drug-likeness (QED) is 0.192. The summed E-state index contributed by atoms with van der Waals surface area (Å²) in [6.07, 6.45) is 1.49. The van der Waals surface area contributed by atoms with Crippen LogP contribution in [-0.2, 0) is 11.4 Å². The Kier molecular flexibility index (Phi) is 8.29. The minimum Gasteiger partial charge on any atom is -0.497 e. The van der Waals surface area contributed by atoms with E-state index in [4.69, 9.17) is 23.7 Å². The molecular formula is C27H22N2O8S. The molecule has 3 aromatic carbocycles. The van der Waals surface area contributed by atoms with Gasteiger partial charge in [-0.2, -0.15) is 0 Å². The van der Waals surface area contributed by atoms with E-state index in [1.165, 1.54) is 32.4 Å². The lowest BCUT2D eigenvalue weighted by molar-refractivity contribution is -0.131. The van der Waals surface area contributed by atoms with E-state index in [0.717, 1.165) is 17.3 Å². The highest BCUT2D eigenvalue weighted by Gasteiger charge is 2.17. The Bertz CT molecular complexity index is 1440. The first-order valence-corrected chi connectivity index (χ1v) is 11.9. The highest BCUT2D eigenvalue weighted by molar-refractivity contribution is 8.03. The molecule has 0 radical (unpaired) electrons. The van der Waals surface area contributed by atoms with Crippen LogP contribution in [0.15, 0.2) is 81.3 Å². The number of aromatic carboxylic acids is 1. The summed E-state index contributed by atoms with van der Waals surface area (Å²) in [7, 11) is 3.05. The van der Waals surface area contributed by atoms with Gasteiger partial charge >= 0.3 is 11.9 Å². The molecule has 0 aliphatic carbocycles. The second-order valence-electron chi connectivity index (χ2n) is 7.75. The molecule has 0 saturated heterocycles. The molecule has 0 fully saturated rings.